The molecule has 0 heterocycles. The Hall–Kier alpha value is 0.0500. The molecule has 0 radical (unpaired) electrons. The molecule has 0 unspecified atom stereocenters. The second-order valence-corrected chi connectivity index (χ2v) is 2.43. The van der Waals surface area contributed by atoms with Gasteiger partial charge in [0.15, 0.2) is 0 Å². The van der Waals surface area contributed by atoms with Gasteiger partial charge in [-0.2, -0.15) is 0 Å². The highest BCUT2D eigenvalue weighted by Gasteiger charge is 2.01. The van der Waals surface area contributed by atoms with Gasteiger partial charge in [-0.05, 0) is 0 Å². The van der Waals surface area contributed by atoms with Gasteiger partial charge in [-0.25, -0.2) is 4.79 Å². The van der Waals surface area contributed by atoms with Gasteiger partial charge in [0.1, 0.15) is 0 Å². The number of hydrogen-bond donors (Lipinski definition) is 0. The SMILES string of the molecule is C[C@@H](CCl)COC(=O)Cl. The van der Waals surface area contributed by atoms with E-state index in [2.05, 4.69) is 4.74 Å². The van der Waals surface area contributed by atoms with Crippen molar-refractivity contribution >= 4 is 28.6 Å². The van der Waals surface area contributed by atoms with E-state index in [1.165, 1.54) is 0 Å². The lowest BCUT2D eigenvalue weighted by molar-refractivity contribution is 0.159. The van der Waals surface area contributed by atoms with E-state index < -0.39 is 5.43 Å². The highest BCUT2D eigenvalue weighted by Crippen LogP contribution is 1.99. The van der Waals surface area contributed by atoms with E-state index in [0.29, 0.717) is 12.5 Å². The van der Waals surface area contributed by atoms with Crippen LogP contribution < -0.4 is 0 Å². The molecule has 0 fully saturated rings. The predicted octanol–water partition coefficient (Wildman–Crippen LogP) is 2.24. The Morgan fingerprint density at radius 2 is 2.33 bits per heavy atom. The molecule has 4 heteroatoms. The summed E-state index contributed by atoms with van der Waals surface area (Å²) in [5, 5.41) is 0. The van der Waals surface area contributed by atoms with Crippen LogP contribution in [-0.2, 0) is 4.74 Å². The molecule has 0 aromatic heterocycles. The van der Waals surface area contributed by atoms with Crippen LogP contribution >= 0.6 is 23.2 Å². The number of ether oxygens (including phenoxy) is 1. The first-order valence-electron chi connectivity index (χ1n) is 2.55. The topological polar surface area (TPSA) is 26.3 Å². The van der Waals surface area contributed by atoms with E-state index in [4.69, 9.17) is 23.2 Å². The van der Waals surface area contributed by atoms with Crippen molar-refractivity contribution in [2.45, 2.75) is 6.92 Å². The summed E-state index contributed by atoms with van der Waals surface area (Å²) >= 11 is 10.3. The molecule has 0 bridgehead atoms. The number of carbonyl (C=O) groups excluding carboxylic acids is 1. The Bertz CT molecular complexity index is 95.0. The summed E-state index contributed by atoms with van der Waals surface area (Å²) in [6.45, 7) is 2.17. The van der Waals surface area contributed by atoms with E-state index >= 15 is 0 Å². The summed E-state index contributed by atoms with van der Waals surface area (Å²) in [4.78, 5) is 9.96. The molecule has 0 amide bonds. The zero-order valence-corrected chi connectivity index (χ0v) is 6.58. The summed E-state index contributed by atoms with van der Waals surface area (Å²) in [5.74, 6) is 0.652. The quantitative estimate of drug-likeness (QED) is 0.480. The lowest BCUT2D eigenvalue weighted by atomic mass is 10.2. The predicted molar refractivity (Wildman–Crippen MR) is 37.1 cm³/mol. The zero-order chi connectivity index (χ0) is 7.28. The molecule has 0 aliphatic rings. The minimum absolute atomic E-state index is 0.175. The van der Waals surface area contributed by atoms with Crippen molar-refractivity contribution in [2.75, 3.05) is 12.5 Å². The third-order valence-electron chi connectivity index (χ3n) is 0.745. The van der Waals surface area contributed by atoms with Crippen LogP contribution in [0.5, 0.6) is 0 Å². The molecule has 0 rings (SSSR count). The fraction of sp³-hybridized carbons (Fsp3) is 0.800. The first-order chi connectivity index (χ1) is 4.16. The van der Waals surface area contributed by atoms with Crippen molar-refractivity contribution < 1.29 is 9.53 Å². The van der Waals surface area contributed by atoms with Crippen LogP contribution in [0.1, 0.15) is 6.92 Å². The molecule has 0 N–H and O–H groups in total. The van der Waals surface area contributed by atoms with Crippen LogP contribution in [0.15, 0.2) is 0 Å². The Labute approximate surface area is 64.1 Å². The van der Waals surface area contributed by atoms with Crippen LogP contribution in [0.2, 0.25) is 0 Å². The summed E-state index contributed by atoms with van der Waals surface area (Å²) < 4.78 is 4.44. The molecule has 54 valence electrons. The number of alkyl halides is 1. The van der Waals surface area contributed by atoms with Gasteiger partial charge in [0.2, 0.25) is 0 Å². The Morgan fingerprint density at radius 3 is 2.67 bits per heavy atom. The third kappa shape index (κ3) is 5.93. The maximum absolute atomic E-state index is 9.96. The van der Waals surface area contributed by atoms with Crippen molar-refractivity contribution in [1.82, 2.24) is 0 Å². The van der Waals surface area contributed by atoms with Crippen molar-refractivity contribution in [3.05, 3.63) is 0 Å². The molecule has 0 aliphatic carbocycles. The lowest BCUT2D eigenvalue weighted by Gasteiger charge is -2.04. The van der Waals surface area contributed by atoms with Crippen LogP contribution in [-0.4, -0.2) is 17.9 Å². The first-order valence-corrected chi connectivity index (χ1v) is 3.46. The number of carbonyl (C=O) groups is 1. The Kier molecular flexibility index (Phi) is 4.91. The second kappa shape index (κ2) is 4.89. The fourth-order valence-electron chi connectivity index (χ4n) is 0.252. The minimum atomic E-state index is -0.771. The number of halogens is 2. The molecule has 1 atom stereocenters. The van der Waals surface area contributed by atoms with Gasteiger partial charge >= 0.3 is 5.43 Å². The highest BCUT2D eigenvalue weighted by molar-refractivity contribution is 6.61. The maximum atomic E-state index is 9.96. The molecular formula is C5H8Cl2O2. The normalized spacial score (nSPS) is 12.8. The van der Waals surface area contributed by atoms with Gasteiger partial charge in [0, 0.05) is 23.4 Å². The largest absolute Gasteiger partial charge is 0.453 e. The van der Waals surface area contributed by atoms with Crippen molar-refractivity contribution in [3.8, 4) is 0 Å². The lowest BCUT2D eigenvalue weighted by Crippen LogP contribution is -2.07. The maximum Gasteiger partial charge on any atom is 0.403 e. The zero-order valence-electron chi connectivity index (χ0n) is 5.06. The molecule has 0 spiro atoms. The standard InChI is InChI=1S/C5H8Cl2O2/c1-4(2-6)3-9-5(7)8/h4H,2-3H2,1H3/t4-/m0/s1. The molecule has 0 saturated carbocycles. The highest BCUT2D eigenvalue weighted by atomic mass is 35.5. The minimum Gasteiger partial charge on any atom is -0.453 e. The molecule has 0 aromatic carbocycles. The average molecular weight is 171 g/mol. The van der Waals surface area contributed by atoms with Gasteiger partial charge in [-0.1, -0.05) is 6.92 Å². The third-order valence-corrected chi connectivity index (χ3v) is 1.38. The molecular weight excluding hydrogens is 163 g/mol. The van der Waals surface area contributed by atoms with Gasteiger partial charge in [-0.3, -0.25) is 0 Å². The fourth-order valence-corrected chi connectivity index (χ4v) is 0.404. The van der Waals surface area contributed by atoms with Gasteiger partial charge < -0.3 is 4.74 Å². The molecule has 0 saturated heterocycles. The number of hydrogen-bond acceptors (Lipinski definition) is 2. The molecule has 0 aliphatic heterocycles. The summed E-state index contributed by atoms with van der Waals surface area (Å²) in [6, 6.07) is 0. The number of rotatable bonds is 3. The van der Waals surface area contributed by atoms with Gasteiger partial charge in [0.05, 0.1) is 6.61 Å². The van der Waals surface area contributed by atoms with Crippen molar-refractivity contribution in [3.63, 3.8) is 0 Å². The van der Waals surface area contributed by atoms with E-state index in [1.54, 1.807) is 0 Å². The average Bonchev–Trinajstić information content (AvgIpc) is 1.83. The van der Waals surface area contributed by atoms with Gasteiger partial charge in [-0.15, -0.1) is 11.6 Å². The van der Waals surface area contributed by atoms with Gasteiger partial charge in [0.25, 0.3) is 0 Å². The van der Waals surface area contributed by atoms with Crippen LogP contribution in [0.3, 0.4) is 0 Å². The summed E-state index contributed by atoms with van der Waals surface area (Å²) in [7, 11) is 0. The Balaban J connectivity index is 3.16. The van der Waals surface area contributed by atoms with Crippen molar-refractivity contribution in [2.24, 2.45) is 5.92 Å². The van der Waals surface area contributed by atoms with E-state index in [1.807, 2.05) is 6.92 Å². The Morgan fingerprint density at radius 1 is 1.78 bits per heavy atom. The van der Waals surface area contributed by atoms with Crippen LogP contribution in [0.25, 0.3) is 0 Å². The van der Waals surface area contributed by atoms with Crippen LogP contribution in [0, 0.1) is 5.92 Å². The summed E-state index contributed by atoms with van der Waals surface area (Å²) in [6.07, 6.45) is 0. The van der Waals surface area contributed by atoms with Crippen LogP contribution in [0.4, 0.5) is 4.79 Å². The molecule has 9 heavy (non-hydrogen) atoms. The van der Waals surface area contributed by atoms with E-state index in [9.17, 15) is 4.79 Å². The molecule has 2 nitrogen and oxygen atoms in total. The van der Waals surface area contributed by atoms with E-state index in [-0.39, 0.29) is 5.92 Å². The molecule has 0 aromatic rings. The first kappa shape index (κ1) is 9.05. The smallest absolute Gasteiger partial charge is 0.403 e. The second-order valence-electron chi connectivity index (χ2n) is 1.81. The van der Waals surface area contributed by atoms with E-state index in [0.717, 1.165) is 0 Å². The summed E-state index contributed by atoms with van der Waals surface area (Å²) in [5.41, 5.74) is -0.771. The monoisotopic (exact) mass is 170 g/mol. The van der Waals surface area contributed by atoms with Crippen molar-refractivity contribution in [1.29, 1.82) is 0 Å².